The Morgan fingerprint density at radius 3 is 2.70 bits per heavy atom. The van der Waals surface area contributed by atoms with Crippen molar-refractivity contribution in [3.63, 3.8) is 0 Å². The number of hydrogen-bond acceptors (Lipinski definition) is 3. The van der Waals surface area contributed by atoms with Crippen molar-refractivity contribution in [1.29, 1.82) is 0 Å². The molecule has 20 heavy (non-hydrogen) atoms. The van der Waals surface area contributed by atoms with Gasteiger partial charge in [0.1, 0.15) is 6.04 Å². The lowest BCUT2D eigenvalue weighted by Crippen LogP contribution is -2.57. The number of carbonyl (C=O) groups is 2. The molecule has 0 spiro atoms. The zero-order valence-corrected chi connectivity index (χ0v) is 12.5. The van der Waals surface area contributed by atoms with E-state index in [1.807, 2.05) is 6.92 Å². The maximum Gasteiger partial charge on any atom is 0.242 e. The minimum Gasteiger partial charge on any atom is -0.353 e. The Labute approximate surface area is 121 Å². The van der Waals surface area contributed by atoms with Crippen molar-refractivity contribution >= 4 is 11.8 Å². The molecular weight excluding hydrogens is 254 g/mol. The minimum atomic E-state index is -0.297. The maximum absolute atomic E-state index is 12.6. The molecule has 2 fully saturated rings. The summed E-state index contributed by atoms with van der Waals surface area (Å²) in [4.78, 5) is 26.3. The van der Waals surface area contributed by atoms with Crippen LogP contribution in [0.15, 0.2) is 0 Å². The highest BCUT2D eigenvalue weighted by atomic mass is 16.2. The minimum absolute atomic E-state index is 0.0162. The quantitative estimate of drug-likeness (QED) is 0.808. The summed E-state index contributed by atoms with van der Waals surface area (Å²) in [5.74, 6) is 0.0941. The number of carbonyl (C=O) groups excluding carboxylic acids is 2. The molecule has 5 nitrogen and oxygen atoms in total. The second kappa shape index (κ2) is 6.57. The van der Waals surface area contributed by atoms with E-state index >= 15 is 0 Å². The van der Waals surface area contributed by atoms with E-state index in [0.29, 0.717) is 32.5 Å². The fourth-order valence-corrected chi connectivity index (χ4v) is 3.60. The van der Waals surface area contributed by atoms with Gasteiger partial charge in [0.15, 0.2) is 0 Å². The van der Waals surface area contributed by atoms with Gasteiger partial charge in [0, 0.05) is 19.5 Å². The highest BCUT2D eigenvalue weighted by molar-refractivity contribution is 5.89. The van der Waals surface area contributed by atoms with Crippen molar-refractivity contribution in [3.05, 3.63) is 0 Å². The number of nitrogens with zero attached hydrogens (tertiary/aromatic N) is 1. The molecule has 1 saturated heterocycles. The monoisotopic (exact) mass is 281 g/mol. The molecule has 1 aliphatic carbocycles. The average molecular weight is 281 g/mol. The molecule has 3 N–H and O–H groups in total. The van der Waals surface area contributed by atoms with Gasteiger partial charge in [0.25, 0.3) is 0 Å². The summed E-state index contributed by atoms with van der Waals surface area (Å²) in [5, 5.41) is 2.84. The van der Waals surface area contributed by atoms with Crippen LogP contribution in [0.4, 0.5) is 0 Å². The number of nitrogens with one attached hydrogen (secondary N) is 1. The van der Waals surface area contributed by atoms with Gasteiger partial charge >= 0.3 is 0 Å². The molecular formula is C15H27N3O2. The van der Waals surface area contributed by atoms with Gasteiger partial charge in [-0.3, -0.25) is 9.59 Å². The van der Waals surface area contributed by atoms with Gasteiger partial charge in [-0.15, -0.1) is 0 Å². The maximum atomic E-state index is 12.6. The first kappa shape index (κ1) is 15.3. The zero-order chi connectivity index (χ0) is 14.6. The fourth-order valence-electron chi connectivity index (χ4n) is 3.60. The Hall–Kier alpha value is -1.10. The van der Waals surface area contributed by atoms with E-state index in [-0.39, 0.29) is 23.3 Å². The molecule has 2 rings (SSSR count). The molecule has 0 radical (unpaired) electrons. The summed E-state index contributed by atoms with van der Waals surface area (Å²) < 4.78 is 0. The second-order valence-corrected chi connectivity index (χ2v) is 6.24. The Bertz CT molecular complexity index is 364. The lowest BCUT2D eigenvalue weighted by molar-refractivity contribution is -0.145. The zero-order valence-electron chi connectivity index (χ0n) is 12.5. The predicted molar refractivity (Wildman–Crippen MR) is 78.0 cm³/mol. The molecule has 1 heterocycles. The largest absolute Gasteiger partial charge is 0.353 e. The van der Waals surface area contributed by atoms with Crippen LogP contribution in [0.25, 0.3) is 0 Å². The Morgan fingerprint density at radius 2 is 2.10 bits per heavy atom. The third kappa shape index (κ3) is 3.14. The van der Waals surface area contributed by atoms with Gasteiger partial charge in [0.05, 0.1) is 0 Å². The molecule has 114 valence electrons. The van der Waals surface area contributed by atoms with Gasteiger partial charge in [-0.1, -0.05) is 26.2 Å². The molecule has 2 amide bonds. The highest BCUT2D eigenvalue weighted by Gasteiger charge is 2.38. The van der Waals surface area contributed by atoms with Crippen LogP contribution in [-0.2, 0) is 9.59 Å². The SMILES string of the molecule is CCC1C(=O)NCCN1C(=O)CC1(CN)CCCCC1. The molecule has 0 aromatic heterocycles. The summed E-state index contributed by atoms with van der Waals surface area (Å²) in [6, 6.07) is -0.297. The smallest absolute Gasteiger partial charge is 0.242 e. The predicted octanol–water partition coefficient (Wildman–Crippen LogP) is 1.02. The van der Waals surface area contributed by atoms with Crippen LogP contribution >= 0.6 is 0 Å². The highest BCUT2D eigenvalue weighted by Crippen LogP contribution is 2.39. The third-order valence-electron chi connectivity index (χ3n) is 4.91. The number of piperazine rings is 1. The first-order valence-electron chi connectivity index (χ1n) is 7.89. The van der Waals surface area contributed by atoms with Crippen molar-refractivity contribution < 1.29 is 9.59 Å². The van der Waals surface area contributed by atoms with Crippen LogP contribution in [0.3, 0.4) is 0 Å². The summed E-state index contributed by atoms with van der Waals surface area (Å²) >= 11 is 0. The van der Waals surface area contributed by atoms with Crippen molar-refractivity contribution in [2.45, 2.75) is 57.9 Å². The van der Waals surface area contributed by atoms with E-state index in [4.69, 9.17) is 5.73 Å². The molecule has 1 saturated carbocycles. The van der Waals surface area contributed by atoms with E-state index in [1.165, 1.54) is 19.3 Å². The van der Waals surface area contributed by atoms with Gasteiger partial charge in [-0.05, 0) is 31.2 Å². The van der Waals surface area contributed by atoms with Crippen LogP contribution < -0.4 is 11.1 Å². The van der Waals surface area contributed by atoms with Crippen LogP contribution in [0.2, 0.25) is 0 Å². The Morgan fingerprint density at radius 1 is 1.40 bits per heavy atom. The molecule has 0 bridgehead atoms. The van der Waals surface area contributed by atoms with Crippen molar-refractivity contribution in [2.75, 3.05) is 19.6 Å². The summed E-state index contributed by atoms with van der Waals surface area (Å²) in [6.45, 7) is 3.73. The topological polar surface area (TPSA) is 75.4 Å². The van der Waals surface area contributed by atoms with Gasteiger partial charge in [-0.2, -0.15) is 0 Å². The molecule has 1 unspecified atom stereocenters. The van der Waals surface area contributed by atoms with Crippen LogP contribution in [0.5, 0.6) is 0 Å². The van der Waals surface area contributed by atoms with E-state index < -0.39 is 0 Å². The van der Waals surface area contributed by atoms with Gasteiger partial charge in [-0.25, -0.2) is 0 Å². The van der Waals surface area contributed by atoms with Crippen molar-refractivity contribution in [1.82, 2.24) is 10.2 Å². The summed E-state index contributed by atoms with van der Waals surface area (Å²) in [5.41, 5.74) is 5.93. The van der Waals surface area contributed by atoms with Gasteiger partial charge < -0.3 is 16.0 Å². The van der Waals surface area contributed by atoms with Crippen LogP contribution in [0.1, 0.15) is 51.9 Å². The van der Waals surface area contributed by atoms with Crippen LogP contribution in [0, 0.1) is 5.41 Å². The molecule has 0 aromatic carbocycles. The lowest BCUT2D eigenvalue weighted by atomic mass is 9.71. The first-order chi connectivity index (χ1) is 9.62. The molecule has 5 heteroatoms. The van der Waals surface area contributed by atoms with E-state index in [2.05, 4.69) is 5.32 Å². The lowest BCUT2D eigenvalue weighted by Gasteiger charge is -2.40. The first-order valence-corrected chi connectivity index (χ1v) is 7.89. The molecule has 1 atom stereocenters. The number of rotatable bonds is 4. The molecule has 0 aromatic rings. The van der Waals surface area contributed by atoms with Crippen molar-refractivity contribution in [2.24, 2.45) is 11.1 Å². The normalized spacial score (nSPS) is 26.2. The van der Waals surface area contributed by atoms with Crippen LogP contribution in [-0.4, -0.2) is 42.4 Å². The average Bonchev–Trinajstić information content (AvgIpc) is 2.47. The Balaban J connectivity index is 2.04. The number of hydrogen-bond donors (Lipinski definition) is 2. The molecule has 1 aliphatic heterocycles. The summed E-state index contributed by atoms with van der Waals surface area (Å²) in [6.07, 6.45) is 6.86. The fraction of sp³-hybridized carbons (Fsp3) is 0.867. The van der Waals surface area contributed by atoms with E-state index in [9.17, 15) is 9.59 Å². The van der Waals surface area contributed by atoms with Crippen molar-refractivity contribution in [3.8, 4) is 0 Å². The van der Waals surface area contributed by atoms with E-state index in [1.54, 1.807) is 4.90 Å². The van der Waals surface area contributed by atoms with Gasteiger partial charge in [0.2, 0.25) is 11.8 Å². The standard InChI is InChI=1S/C15H27N3O2/c1-2-12-14(20)17-8-9-18(12)13(19)10-15(11-16)6-4-3-5-7-15/h12H,2-11,16H2,1H3,(H,17,20). The van der Waals surface area contributed by atoms with E-state index in [0.717, 1.165) is 12.8 Å². The molecule has 2 aliphatic rings. The third-order valence-corrected chi connectivity index (χ3v) is 4.91. The second-order valence-electron chi connectivity index (χ2n) is 6.24. The number of amides is 2. The Kier molecular flexibility index (Phi) is 5.02. The number of nitrogens with two attached hydrogens (primary N) is 1. The summed E-state index contributed by atoms with van der Waals surface area (Å²) in [7, 11) is 0.